The molecular formula is C16H21NS. The SMILES string of the molecule is Cc1cc(C)cc(-c2cc(CNC(C)C)cs2)c1. The fourth-order valence-electron chi connectivity index (χ4n) is 2.06. The lowest BCUT2D eigenvalue weighted by atomic mass is 10.1. The number of thiophene rings is 1. The zero-order valence-electron chi connectivity index (χ0n) is 11.6. The van der Waals surface area contributed by atoms with Crippen LogP contribution in [0.3, 0.4) is 0 Å². The number of hydrogen-bond acceptors (Lipinski definition) is 2. The van der Waals surface area contributed by atoms with E-state index in [0.717, 1.165) is 6.54 Å². The van der Waals surface area contributed by atoms with Gasteiger partial charge in [0.2, 0.25) is 0 Å². The first-order chi connectivity index (χ1) is 8.54. The Kier molecular flexibility index (Phi) is 4.20. The molecule has 0 aliphatic rings. The van der Waals surface area contributed by atoms with Gasteiger partial charge in [0.15, 0.2) is 0 Å². The van der Waals surface area contributed by atoms with E-state index in [0.29, 0.717) is 6.04 Å². The van der Waals surface area contributed by atoms with Crippen LogP contribution in [-0.2, 0) is 6.54 Å². The highest BCUT2D eigenvalue weighted by atomic mass is 32.1. The predicted molar refractivity (Wildman–Crippen MR) is 81.2 cm³/mol. The van der Waals surface area contributed by atoms with Gasteiger partial charge in [0.1, 0.15) is 0 Å². The minimum atomic E-state index is 0.537. The Morgan fingerprint density at radius 2 is 1.72 bits per heavy atom. The third kappa shape index (κ3) is 3.44. The molecule has 0 atom stereocenters. The number of rotatable bonds is 4. The summed E-state index contributed by atoms with van der Waals surface area (Å²) in [5, 5.41) is 5.71. The van der Waals surface area contributed by atoms with E-state index in [1.54, 1.807) is 0 Å². The Hall–Kier alpha value is -1.12. The molecule has 18 heavy (non-hydrogen) atoms. The van der Waals surface area contributed by atoms with Crippen LogP contribution in [0.5, 0.6) is 0 Å². The quantitative estimate of drug-likeness (QED) is 0.850. The van der Waals surface area contributed by atoms with Crippen molar-refractivity contribution in [2.45, 2.75) is 40.3 Å². The topological polar surface area (TPSA) is 12.0 Å². The molecule has 1 aromatic heterocycles. The van der Waals surface area contributed by atoms with Gasteiger partial charge in [-0.05, 0) is 36.4 Å². The number of nitrogens with one attached hydrogen (secondary N) is 1. The predicted octanol–water partition coefficient (Wildman–Crippen LogP) is 4.53. The smallest absolute Gasteiger partial charge is 0.0346 e. The van der Waals surface area contributed by atoms with Crippen LogP contribution in [0.4, 0.5) is 0 Å². The Bertz CT molecular complexity index is 505. The molecule has 1 heterocycles. The summed E-state index contributed by atoms with van der Waals surface area (Å²) in [6.07, 6.45) is 0. The van der Waals surface area contributed by atoms with Gasteiger partial charge in [-0.2, -0.15) is 0 Å². The van der Waals surface area contributed by atoms with Crippen molar-refractivity contribution in [2.24, 2.45) is 0 Å². The number of benzene rings is 1. The molecule has 0 radical (unpaired) electrons. The van der Waals surface area contributed by atoms with Gasteiger partial charge in [-0.1, -0.05) is 43.2 Å². The van der Waals surface area contributed by atoms with E-state index in [1.165, 1.54) is 27.1 Å². The fourth-order valence-corrected chi connectivity index (χ4v) is 2.96. The lowest BCUT2D eigenvalue weighted by Crippen LogP contribution is -2.21. The van der Waals surface area contributed by atoms with Crippen molar-refractivity contribution >= 4 is 11.3 Å². The van der Waals surface area contributed by atoms with Gasteiger partial charge >= 0.3 is 0 Å². The van der Waals surface area contributed by atoms with Crippen LogP contribution in [-0.4, -0.2) is 6.04 Å². The van der Waals surface area contributed by atoms with Crippen LogP contribution < -0.4 is 5.32 Å². The van der Waals surface area contributed by atoms with E-state index >= 15 is 0 Å². The van der Waals surface area contributed by atoms with Crippen LogP contribution >= 0.6 is 11.3 Å². The van der Waals surface area contributed by atoms with Gasteiger partial charge in [0.05, 0.1) is 0 Å². The van der Waals surface area contributed by atoms with Gasteiger partial charge < -0.3 is 5.32 Å². The molecule has 0 spiro atoms. The lowest BCUT2D eigenvalue weighted by Gasteiger charge is -2.05. The Morgan fingerprint density at radius 3 is 2.33 bits per heavy atom. The molecule has 2 heteroatoms. The molecule has 2 aromatic rings. The summed E-state index contributed by atoms with van der Waals surface area (Å²) >= 11 is 1.83. The van der Waals surface area contributed by atoms with E-state index < -0.39 is 0 Å². The normalized spacial score (nSPS) is 11.2. The summed E-state index contributed by atoms with van der Waals surface area (Å²) in [4.78, 5) is 1.36. The van der Waals surface area contributed by atoms with Crippen LogP contribution in [0.25, 0.3) is 10.4 Å². The molecule has 0 saturated carbocycles. The van der Waals surface area contributed by atoms with Crippen molar-refractivity contribution in [3.8, 4) is 10.4 Å². The Balaban J connectivity index is 2.18. The minimum absolute atomic E-state index is 0.537. The molecule has 0 unspecified atom stereocenters. The van der Waals surface area contributed by atoms with Crippen LogP contribution in [0.1, 0.15) is 30.5 Å². The summed E-state index contributed by atoms with van der Waals surface area (Å²) in [5.41, 5.74) is 5.39. The summed E-state index contributed by atoms with van der Waals surface area (Å²) in [7, 11) is 0. The van der Waals surface area contributed by atoms with Crippen molar-refractivity contribution in [1.29, 1.82) is 0 Å². The molecule has 96 valence electrons. The maximum absolute atomic E-state index is 3.46. The maximum Gasteiger partial charge on any atom is 0.0346 e. The van der Waals surface area contributed by atoms with Gasteiger partial charge in [-0.3, -0.25) is 0 Å². The highest BCUT2D eigenvalue weighted by Crippen LogP contribution is 2.28. The molecule has 1 nitrogen and oxygen atoms in total. The molecule has 2 rings (SSSR count). The Morgan fingerprint density at radius 1 is 1.06 bits per heavy atom. The summed E-state index contributed by atoms with van der Waals surface area (Å²) < 4.78 is 0. The van der Waals surface area contributed by atoms with Crippen molar-refractivity contribution < 1.29 is 0 Å². The van der Waals surface area contributed by atoms with Gasteiger partial charge in [-0.25, -0.2) is 0 Å². The zero-order valence-corrected chi connectivity index (χ0v) is 12.4. The largest absolute Gasteiger partial charge is 0.310 e. The zero-order chi connectivity index (χ0) is 13.1. The van der Waals surface area contributed by atoms with E-state index in [-0.39, 0.29) is 0 Å². The minimum Gasteiger partial charge on any atom is -0.310 e. The third-order valence-corrected chi connectivity index (χ3v) is 3.90. The van der Waals surface area contributed by atoms with Gasteiger partial charge in [0.25, 0.3) is 0 Å². The molecule has 0 fully saturated rings. The van der Waals surface area contributed by atoms with Crippen molar-refractivity contribution in [3.05, 3.63) is 46.3 Å². The van der Waals surface area contributed by atoms with E-state index in [2.05, 4.69) is 62.7 Å². The molecule has 1 aromatic carbocycles. The summed E-state index contributed by atoms with van der Waals surface area (Å²) in [6.45, 7) is 9.63. The Labute approximate surface area is 114 Å². The van der Waals surface area contributed by atoms with E-state index in [1.807, 2.05) is 11.3 Å². The summed E-state index contributed by atoms with van der Waals surface area (Å²) in [6, 6.07) is 9.58. The standard InChI is InChI=1S/C16H21NS/c1-11(2)17-9-14-8-16(18-10-14)15-6-12(3)5-13(4)7-15/h5-8,10-11,17H,9H2,1-4H3. The molecule has 0 aliphatic heterocycles. The van der Waals surface area contributed by atoms with E-state index in [9.17, 15) is 0 Å². The fraction of sp³-hybridized carbons (Fsp3) is 0.375. The number of aryl methyl sites for hydroxylation is 2. The first kappa shape index (κ1) is 13.3. The maximum atomic E-state index is 3.46. The lowest BCUT2D eigenvalue weighted by molar-refractivity contribution is 0.590. The first-order valence-corrected chi connectivity index (χ1v) is 7.32. The second kappa shape index (κ2) is 5.68. The van der Waals surface area contributed by atoms with Crippen molar-refractivity contribution in [3.63, 3.8) is 0 Å². The molecule has 1 N–H and O–H groups in total. The van der Waals surface area contributed by atoms with Gasteiger partial charge in [-0.15, -0.1) is 11.3 Å². The molecule has 0 amide bonds. The van der Waals surface area contributed by atoms with Crippen molar-refractivity contribution in [1.82, 2.24) is 5.32 Å². The van der Waals surface area contributed by atoms with Crippen LogP contribution in [0.15, 0.2) is 29.6 Å². The van der Waals surface area contributed by atoms with Crippen LogP contribution in [0, 0.1) is 13.8 Å². The molecular weight excluding hydrogens is 238 g/mol. The monoisotopic (exact) mass is 259 g/mol. The average molecular weight is 259 g/mol. The van der Waals surface area contributed by atoms with E-state index in [4.69, 9.17) is 0 Å². The average Bonchev–Trinajstić information content (AvgIpc) is 2.73. The van der Waals surface area contributed by atoms with Crippen molar-refractivity contribution in [2.75, 3.05) is 0 Å². The highest BCUT2D eigenvalue weighted by Gasteiger charge is 2.04. The van der Waals surface area contributed by atoms with Gasteiger partial charge in [0, 0.05) is 17.5 Å². The number of hydrogen-bond donors (Lipinski definition) is 1. The molecule has 0 bridgehead atoms. The highest BCUT2D eigenvalue weighted by molar-refractivity contribution is 7.13. The molecule has 0 aliphatic carbocycles. The first-order valence-electron chi connectivity index (χ1n) is 6.44. The third-order valence-electron chi connectivity index (χ3n) is 2.87. The molecule has 0 saturated heterocycles. The second-order valence-corrected chi connectivity index (χ2v) is 6.14. The second-order valence-electron chi connectivity index (χ2n) is 5.23. The summed E-state index contributed by atoms with van der Waals surface area (Å²) in [5.74, 6) is 0. The van der Waals surface area contributed by atoms with Crippen LogP contribution in [0.2, 0.25) is 0 Å².